The van der Waals surface area contributed by atoms with Crippen molar-refractivity contribution in [2.24, 2.45) is 5.92 Å². The normalized spacial score (nSPS) is 15.8. The third-order valence-corrected chi connectivity index (χ3v) is 8.97. The van der Waals surface area contributed by atoms with E-state index < -0.39 is 0 Å². The van der Waals surface area contributed by atoms with Crippen molar-refractivity contribution in [3.8, 4) is 5.75 Å². The Kier molecular flexibility index (Phi) is 11.0. The fourth-order valence-electron chi connectivity index (χ4n) is 5.55. The van der Waals surface area contributed by atoms with E-state index in [0.717, 1.165) is 49.0 Å². The molecule has 1 aromatic heterocycles. The molecule has 3 aromatic rings. The summed E-state index contributed by atoms with van der Waals surface area (Å²) in [6.07, 6.45) is 1.28. The van der Waals surface area contributed by atoms with Gasteiger partial charge in [-0.3, -0.25) is 9.59 Å². The maximum atomic E-state index is 13.1. The number of methoxy groups -OCH3 is 2. The van der Waals surface area contributed by atoms with Gasteiger partial charge in [0, 0.05) is 69.4 Å². The van der Waals surface area contributed by atoms with Crippen molar-refractivity contribution in [3.05, 3.63) is 71.4 Å². The third kappa shape index (κ3) is 8.00. The summed E-state index contributed by atoms with van der Waals surface area (Å²) < 4.78 is 15.8. The quantitative estimate of drug-likeness (QED) is 0.171. The van der Waals surface area contributed by atoms with Crippen molar-refractivity contribution in [2.75, 3.05) is 69.9 Å². The van der Waals surface area contributed by atoms with Gasteiger partial charge in [0.05, 0.1) is 31.9 Å². The van der Waals surface area contributed by atoms with Gasteiger partial charge in [-0.1, -0.05) is 23.9 Å². The molecule has 2 aliphatic heterocycles. The second-order valence-electron chi connectivity index (χ2n) is 10.9. The summed E-state index contributed by atoms with van der Waals surface area (Å²) >= 11 is 1.58. The summed E-state index contributed by atoms with van der Waals surface area (Å²) in [6, 6.07) is 18.0. The highest BCUT2D eigenvalue weighted by molar-refractivity contribution is 7.98. The van der Waals surface area contributed by atoms with Gasteiger partial charge in [0.15, 0.2) is 5.16 Å². The number of hydrogen-bond donors (Lipinski definition) is 0. The van der Waals surface area contributed by atoms with Crippen LogP contribution in [0.1, 0.15) is 41.4 Å². The number of piperidine rings is 1. The van der Waals surface area contributed by atoms with Crippen molar-refractivity contribution in [1.29, 1.82) is 0 Å². The molecule has 0 radical (unpaired) electrons. The first-order valence-electron chi connectivity index (χ1n) is 15.2. The number of ether oxygens (including phenoxy) is 3. The van der Waals surface area contributed by atoms with E-state index in [2.05, 4.69) is 21.9 Å². The van der Waals surface area contributed by atoms with Crippen LogP contribution in [-0.2, 0) is 26.6 Å². The van der Waals surface area contributed by atoms with Gasteiger partial charge in [0.1, 0.15) is 11.6 Å². The number of benzene rings is 2. The summed E-state index contributed by atoms with van der Waals surface area (Å²) in [7, 11) is 3.36. The topological polar surface area (TPSA) is 97.3 Å². The summed E-state index contributed by atoms with van der Waals surface area (Å²) in [5.41, 5.74) is 3.78. The lowest BCUT2D eigenvalue weighted by atomic mass is 9.96. The molecular weight excluding hydrogens is 578 g/mol. The minimum atomic E-state index is -0.155. The zero-order chi connectivity index (χ0) is 30.9. The molecule has 2 saturated heterocycles. The number of thioether (sulfide) groups is 1. The van der Waals surface area contributed by atoms with E-state index in [-0.39, 0.29) is 17.8 Å². The van der Waals surface area contributed by atoms with Crippen LogP contribution in [0.2, 0.25) is 0 Å². The molecule has 5 rings (SSSR count). The van der Waals surface area contributed by atoms with Gasteiger partial charge in [-0.15, -0.1) is 0 Å². The highest BCUT2D eigenvalue weighted by Gasteiger charge is 2.28. The Hall–Kier alpha value is -3.83. The molecule has 2 aromatic carbocycles. The van der Waals surface area contributed by atoms with Crippen LogP contribution in [0.3, 0.4) is 0 Å². The van der Waals surface area contributed by atoms with Crippen molar-refractivity contribution >= 4 is 35.1 Å². The molecule has 2 fully saturated rings. The second kappa shape index (κ2) is 15.3. The maximum absolute atomic E-state index is 13.1. The average Bonchev–Trinajstić information content (AvgIpc) is 3.07. The molecular formula is C33H41N5O5S. The highest BCUT2D eigenvalue weighted by Crippen LogP contribution is 2.27. The van der Waals surface area contributed by atoms with Crippen LogP contribution in [0.5, 0.6) is 5.75 Å². The van der Waals surface area contributed by atoms with Crippen molar-refractivity contribution < 1.29 is 23.8 Å². The second-order valence-corrected chi connectivity index (χ2v) is 11.9. The van der Waals surface area contributed by atoms with Gasteiger partial charge in [-0.05, 0) is 61.7 Å². The Morgan fingerprint density at radius 1 is 0.886 bits per heavy atom. The van der Waals surface area contributed by atoms with Crippen LogP contribution in [0.4, 0.5) is 11.5 Å². The molecule has 3 heterocycles. The number of carbonyl (C=O) groups excluding carboxylic acids is 2. The average molecular weight is 620 g/mol. The molecule has 0 N–H and O–H groups in total. The zero-order valence-corrected chi connectivity index (χ0v) is 26.6. The fraction of sp³-hybridized carbons (Fsp3) is 0.455. The predicted octanol–water partition coefficient (Wildman–Crippen LogP) is 4.67. The molecule has 1 amide bonds. The minimum Gasteiger partial charge on any atom is -0.497 e. The first-order chi connectivity index (χ1) is 21.5. The lowest BCUT2D eigenvalue weighted by Gasteiger charge is -2.37. The Bertz CT molecular complexity index is 1390. The molecule has 0 bridgehead atoms. The van der Waals surface area contributed by atoms with Crippen molar-refractivity contribution in [1.82, 2.24) is 14.9 Å². The Morgan fingerprint density at radius 3 is 2.20 bits per heavy atom. The molecule has 44 heavy (non-hydrogen) atoms. The number of rotatable bonds is 11. The first kappa shape index (κ1) is 31.6. The van der Waals surface area contributed by atoms with E-state index in [1.807, 2.05) is 54.3 Å². The van der Waals surface area contributed by atoms with Crippen LogP contribution >= 0.6 is 11.8 Å². The van der Waals surface area contributed by atoms with Crippen LogP contribution in [-0.4, -0.2) is 86.8 Å². The van der Waals surface area contributed by atoms with Gasteiger partial charge in [0.25, 0.3) is 5.91 Å². The monoisotopic (exact) mass is 619 g/mol. The number of nitrogens with zero attached hydrogens (tertiary/aromatic N) is 5. The summed E-state index contributed by atoms with van der Waals surface area (Å²) in [4.78, 5) is 41.2. The Labute approximate surface area is 263 Å². The molecule has 0 spiro atoms. The Morgan fingerprint density at radius 2 is 1.57 bits per heavy atom. The van der Waals surface area contributed by atoms with Crippen molar-refractivity contribution in [2.45, 2.75) is 37.3 Å². The minimum absolute atomic E-state index is 0.00107. The molecule has 0 unspecified atom stereocenters. The lowest BCUT2D eigenvalue weighted by Crippen LogP contribution is -2.46. The van der Waals surface area contributed by atoms with Crippen LogP contribution < -0.4 is 14.5 Å². The standard InChI is InChI=1S/C33H41N5O5S/c1-4-43-32(40)26-13-15-38(16-14-26)31(39)25-7-5-24(6-8-25)23-44-33-34-27(22-41-2)21-30(35-33)37-19-17-36(18-20-37)28-9-11-29(42-3)12-10-28/h5-12,21,26H,4,13-20,22-23H2,1-3H3. The largest absolute Gasteiger partial charge is 0.497 e. The Balaban J connectivity index is 1.16. The van der Waals surface area contributed by atoms with E-state index in [1.165, 1.54) is 5.69 Å². The lowest BCUT2D eigenvalue weighted by molar-refractivity contribution is -0.149. The van der Waals surface area contributed by atoms with E-state index in [1.54, 1.807) is 26.0 Å². The van der Waals surface area contributed by atoms with E-state index >= 15 is 0 Å². The number of amides is 1. The van der Waals surface area contributed by atoms with Gasteiger partial charge in [0.2, 0.25) is 0 Å². The third-order valence-electron chi connectivity index (χ3n) is 8.05. The van der Waals surface area contributed by atoms with Gasteiger partial charge < -0.3 is 28.9 Å². The summed E-state index contributed by atoms with van der Waals surface area (Å²) in [6.45, 7) is 7.25. The number of esters is 1. The predicted molar refractivity (Wildman–Crippen MR) is 171 cm³/mol. The number of hydrogen-bond acceptors (Lipinski definition) is 10. The van der Waals surface area contributed by atoms with Crippen LogP contribution in [0.15, 0.2) is 59.8 Å². The molecule has 234 valence electrons. The van der Waals surface area contributed by atoms with Crippen LogP contribution in [0.25, 0.3) is 0 Å². The van der Waals surface area contributed by atoms with Gasteiger partial charge in [-0.2, -0.15) is 0 Å². The molecule has 0 saturated carbocycles. The molecule has 0 aliphatic carbocycles. The smallest absolute Gasteiger partial charge is 0.309 e. The van der Waals surface area contributed by atoms with Crippen LogP contribution in [0, 0.1) is 5.92 Å². The zero-order valence-electron chi connectivity index (χ0n) is 25.7. The SMILES string of the molecule is CCOC(=O)C1CCN(C(=O)c2ccc(CSc3nc(COC)cc(N4CCN(c5ccc(OC)cc5)CC4)n3)cc2)CC1. The van der Waals surface area contributed by atoms with E-state index in [9.17, 15) is 9.59 Å². The van der Waals surface area contributed by atoms with Gasteiger partial charge in [-0.25, -0.2) is 9.97 Å². The number of carbonyl (C=O) groups is 2. The number of anilines is 2. The molecule has 0 atom stereocenters. The van der Waals surface area contributed by atoms with Crippen molar-refractivity contribution in [3.63, 3.8) is 0 Å². The van der Waals surface area contributed by atoms with E-state index in [4.69, 9.17) is 24.2 Å². The fourth-order valence-corrected chi connectivity index (χ4v) is 6.38. The van der Waals surface area contributed by atoms with Gasteiger partial charge >= 0.3 is 5.97 Å². The highest BCUT2D eigenvalue weighted by atomic mass is 32.2. The first-order valence-corrected chi connectivity index (χ1v) is 16.1. The molecule has 10 nitrogen and oxygen atoms in total. The molecule has 11 heteroatoms. The number of aromatic nitrogens is 2. The molecule has 2 aliphatic rings. The summed E-state index contributed by atoms with van der Waals surface area (Å²) in [5.74, 6) is 2.18. The maximum Gasteiger partial charge on any atom is 0.309 e. The number of likely N-dealkylation sites (tertiary alicyclic amines) is 1. The summed E-state index contributed by atoms with van der Waals surface area (Å²) in [5, 5.41) is 0.705. The van der Waals surface area contributed by atoms with E-state index in [0.29, 0.717) is 55.6 Å². The number of piperazine rings is 1.